The van der Waals surface area contributed by atoms with E-state index >= 15 is 0 Å². The average Bonchev–Trinajstić information content (AvgIpc) is 3.62. The molecule has 1 saturated carbocycles. The molecule has 5 rings (SSSR count). The van der Waals surface area contributed by atoms with Crippen LogP contribution in [-0.2, 0) is 0 Å². The maximum Gasteiger partial charge on any atom is 0.162 e. The SMILES string of the molecule is CC(=O)c1cc(C2CC2)c(OCC2CN(C(c3ccccc3)c3ccc(Cl)cc3)C2)cc1F. The van der Waals surface area contributed by atoms with Crippen molar-refractivity contribution < 1.29 is 13.9 Å². The zero-order valence-corrected chi connectivity index (χ0v) is 19.4. The monoisotopic (exact) mass is 463 g/mol. The lowest BCUT2D eigenvalue weighted by Gasteiger charge is -2.44. The van der Waals surface area contributed by atoms with Gasteiger partial charge in [-0.1, -0.05) is 54.1 Å². The lowest BCUT2D eigenvalue weighted by atomic mass is 9.90. The maximum absolute atomic E-state index is 14.4. The Kier molecular flexibility index (Phi) is 6.22. The Hall–Kier alpha value is -2.69. The van der Waals surface area contributed by atoms with Crippen molar-refractivity contribution in [2.24, 2.45) is 5.92 Å². The van der Waals surface area contributed by atoms with Crippen molar-refractivity contribution in [3.63, 3.8) is 0 Å². The first-order valence-electron chi connectivity index (χ1n) is 11.5. The van der Waals surface area contributed by atoms with Crippen molar-refractivity contribution in [2.75, 3.05) is 19.7 Å². The highest BCUT2D eigenvalue weighted by atomic mass is 35.5. The number of ketones is 1. The number of carbonyl (C=O) groups is 1. The van der Waals surface area contributed by atoms with Crippen molar-refractivity contribution in [2.45, 2.75) is 31.7 Å². The molecule has 5 heteroatoms. The van der Waals surface area contributed by atoms with Crippen LogP contribution in [0, 0.1) is 11.7 Å². The Morgan fingerprint density at radius 1 is 1.06 bits per heavy atom. The fourth-order valence-corrected chi connectivity index (χ4v) is 4.83. The summed E-state index contributed by atoms with van der Waals surface area (Å²) in [6, 6.07) is 21.8. The first-order valence-corrected chi connectivity index (χ1v) is 11.9. The molecule has 33 heavy (non-hydrogen) atoms. The summed E-state index contributed by atoms with van der Waals surface area (Å²) in [5.41, 5.74) is 3.59. The number of benzene rings is 3. The molecule has 2 aliphatic rings. The van der Waals surface area contributed by atoms with Crippen molar-refractivity contribution in [3.8, 4) is 5.75 Å². The summed E-state index contributed by atoms with van der Waals surface area (Å²) >= 11 is 6.11. The van der Waals surface area contributed by atoms with E-state index in [1.807, 2.05) is 18.2 Å². The van der Waals surface area contributed by atoms with E-state index in [1.54, 1.807) is 6.07 Å². The van der Waals surface area contributed by atoms with Crippen LogP contribution in [0.5, 0.6) is 5.75 Å². The third-order valence-electron chi connectivity index (χ3n) is 6.62. The van der Waals surface area contributed by atoms with Crippen LogP contribution in [0.2, 0.25) is 5.02 Å². The van der Waals surface area contributed by atoms with E-state index in [1.165, 1.54) is 24.1 Å². The van der Waals surface area contributed by atoms with Gasteiger partial charge >= 0.3 is 0 Å². The van der Waals surface area contributed by atoms with Crippen molar-refractivity contribution in [1.82, 2.24) is 4.90 Å². The van der Waals surface area contributed by atoms with E-state index in [0.717, 1.165) is 36.5 Å². The van der Waals surface area contributed by atoms with Crippen LogP contribution in [0.3, 0.4) is 0 Å². The topological polar surface area (TPSA) is 29.5 Å². The summed E-state index contributed by atoms with van der Waals surface area (Å²) < 4.78 is 20.6. The largest absolute Gasteiger partial charge is 0.493 e. The first-order chi connectivity index (χ1) is 16.0. The number of Topliss-reactive ketones (excluding diaryl/α,β-unsaturated/α-hetero) is 1. The molecule has 1 aliphatic heterocycles. The Morgan fingerprint density at radius 2 is 1.73 bits per heavy atom. The number of halogens is 2. The minimum absolute atomic E-state index is 0.160. The van der Waals surface area contributed by atoms with Gasteiger partial charge in [-0.15, -0.1) is 0 Å². The number of nitrogens with zero attached hydrogens (tertiary/aromatic N) is 1. The van der Waals surface area contributed by atoms with Gasteiger partial charge in [0.05, 0.1) is 18.2 Å². The van der Waals surface area contributed by atoms with Crippen molar-refractivity contribution >= 4 is 17.4 Å². The number of ether oxygens (including phenoxy) is 1. The summed E-state index contributed by atoms with van der Waals surface area (Å²) in [6.45, 7) is 3.74. The lowest BCUT2D eigenvalue weighted by Crippen LogP contribution is -2.51. The maximum atomic E-state index is 14.4. The molecule has 3 aromatic carbocycles. The molecule has 1 heterocycles. The smallest absolute Gasteiger partial charge is 0.162 e. The Morgan fingerprint density at radius 3 is 2.36 bits per heavy atom. The second-order valence-electron chi connectivity index (χ2n) is 9.20. The molecule has 1 saturated heterocycles. The fraction of sp³-hybridized carbons (Fsp3) is 0.321. The molecule has 1 aliphatic carbocycles. The molecule has 1 unspecified atom stereocenters. The quantitative estimate of drug-likeness (QED) is 0.350. The van der Waals surface area contributed by atoms with Crippen LogP contribution in [0.1, 0.15) is 58.8 Å². The molecule has 0 N–H and O–H groups in total. The number of hydrogen-bond donors (Lipinski definition) is 0. The minimum Gasteiger partial charge on any atom is -0.493 e. The number of likely N-dealkylation sites (tertiary alicyclic amines) is 1. The average molecular weight is 464 g/mol. The van der Waals surface area contributed by atoms with E-state index in [9.17, 15) is 9.18 Å². The number of carbonyl (C=O) groups excluding carboxylic acids is 1. The Labute approximate surface area is 199 Å². The molecule has 3 aromatic rings. The van der Waals surface area contributed by atoms with Gasteiger partial charge in [-0.25, -0.2) is 4.39 Å². The Bertz CT molecular complexity index is 1140. The summed E-state index contributed by atoms with van der Waals surface area (Å²) in [5, 5.41) is 0.731. The summed E-state index contributed by atoms with van der Waals surface area (Å²) in [4.78, 5) is 14.2. The number of rotatable bonds is 8. The zero-order valence-electron chi connectivity index (χ0n) is 18.6. The molecule has 170 valence electrons. The van der Waals surface area contributed by atoms with E-state index in [0.29, 0.717) is 24.2 Å². The van der Waals surface area contributed by atoms with Crippen LogP contribution in [0.4, 0.5) is 4.39 Å². The van der Waals surface area contributed by atoms with E-state index in [4.69, 9.17) is 16.3 Å². The lowest BCUT2D eigenvalue weighted by molar-refractivity contribution is 0.0375. The zero-order chi connectivity index (χ0) is 22.9. The van der Waals surface area contributed by atoms with Gasteiger partial charge < -0.3 is 4.74 Å². The van der Waals surface area contributed by atoms with Crippen LogP contribution >= 0.6 is 11.6 Å². The molecular formula is C28H27ClFNO2. The second-order valence-corrected chi connectivity index (χ2v) is 9.63. The van der Waals surface area contributed by atoms with E-state index in [2.05, 4.69) is 41.3 Å². The van der Waals surface area contributed by atoms with Crippen molar-refractivity contribution in [3.05, 3.63) is 99.8 Å². The molecule has 1 atom stereocenters. The highest BCUT2D eigenvalue weighted by molar-refractivity contribution is 6.30. The number of hydrogen-bond acceptors (Lipinski definition) is 3. The van der Waals surface area contributed by atoms with Crippen LogP contribution in [-0.4, -0.2) is 30.4 Å². The summed E-state index contributed by atoms with van der Waals surface area (Å²) in [5.74, 6) is 0.597. The van der Waals surface area contributed by atoms with Gasteiger partial charge in [0.1, 0.15) is 11.6 Å². The predicted octanol–water partition coefficient (Wildman–Crippen LogP) is 6.66. The molecule has 0 radical (unpaired) electrons. The van der Waals surface area contributed by atoms with Gasteiger partial charge in [0.15, 0.2) is 5.78 Å². The standard InChI is InChI=1S/C28H27ClFNO2/c1-18(32)24-13-25(20-7-8-20)27(14-26(24)30)33-17-19-15-31(16-19)28(21-5-3-2-4-6-21)22-9-11-23(29)12-10-22/h2-6,9-14,19-20,28H,7-8,15-17H2,1H3. The normalized spacial score (nSPS) is 17.4. The molecule has 0 spiro atoms. The van der Waals surface area contributed by atoms with Gasteiger partial charge in [-0.3, -0.25) is 9.69 Å². The molecule has 3 nitrogen and oxygen atoms in total. The Balaban J connectivity index is 1.28. The predicted molar refractivity (Wildman–Crippen MR) is 129 cm³/mol. The van der Waals surface area contributed by atoms with Gasteiger partial charge in [-0.2, -0.15) is 0 Å². The summed E-state index contributed by atoms with van der Waals surface area (Å²) in [6.07, 6.45) is 2.13. The van der Waals surface area contributed by atoms with E-state index < -0.39 is 5.82 Å². The van der Waals surface area contributed by atoms with E-state index in [-0.39, 0.29) is 17.4 Å². The van der Waals surface area contributed by atoms with Crippen LogP contribution in [0.15, 0.2) is 66.7 Å². The van der Waals surface area contributed by atoms with Crippen LogP contribution in [0.25, 0.3) is 0 Å². The van der Waals surface area contributed by atoms with Crippen LogP contribution < -0.4 is 4.74 Å². The summed E-state index contributed by atoms with van der Waals surface area (Å²) in [7, 11) is 0. The first kappa shape index (κ1) is 22.1. The highest BCUT2D eigenvalue weighted by Gasteiger charge is 2.35. The highest BCUT2D eigenvalue weighted by Crippen LogP contribution is 2.45. The third-order valence-corrected chi connectivity index (χ3v) is 6.87. The van der Waals surface area contributed by atoms with Gasteiger partial charge in [0.2, 0.25) is 0 Å². The molecule has 2 fully saturated rings. The molecule has 0 amide bonds. The minimum atomic E-state index is -0.496. The third kappa shape index (κ3) is 4.83. The molecule has 0 aromatic heterocycles. The molecular weight excluding hydrogens is 437 g/mol. The van der Waals surface area contributed by atoms with Crippen molar-refractivity contribution in [1.29, 1.82) is 0 Å². The fourth-order valence-electron chi connectivity index (χ4n) is 4.71. The molecule has 0 bridgehead atoms. The second kappa shape index (κ2) is 9.28. The van der Waals surface area contributed by atoms with Gasteiger partial charge in [-0.05, 0) is 60.6 Å². The van der Waals surface area contributed by atoms with Gasteiger partial charge in [0, 0.05) is 30.1 Å². The van der Waals surface area contributed by atoms with Gasteiger partial charge in [0.25, 0.3) is 0 Å².